The van der Waals surface area contributed by atoms with Gasteiger partial charge < -0.3 is 14.4 Å². The number of hydrogen-bond donors (Lipinski definition) is 0. The van der Waals surface area contributed by atoms with Crippen LogP contribution in [0.25, 0.3) is 0 Å². The zero-order valence-electron chi connectivity index (χ0n) is 12.7. The molecule has 2 aliphatic rings. The van der Waals surface area contributed by atoms with Gasteiger partial charge in [-0.15, -0.1) is 0 Å². The Labute approximate surface area is 122 Å². The van der Waals surface area contributed by atoms with E-state index in [4.69, 9.17) is 4.74 Å². The van der Waals surface area contributed by atoms with Crippen LogP contribution in [0.1, 0.15) is 40.0 Å². The molecule has 1 amide bonds. The number of fused-ring (bicyclic) bond motifs is 2. The molecule has 2 bridgehead atoms. The summed E-state index contributed by atoms with van der Waals surface area (Å²) in [4.78, 5) is 25.0. The van der Waals surface area contributed by atoms with E-state index < -0.39 is 41.6 Å². The normalized spacial score (nSPS) is 30.4. The highest BCUT2D eigenvalue weighted by Crippen LogP contribution is 2.52. The predicted octanol–water partition coefficient (Wildman–Crippen LogP) is 2.58. The van der Waals surface area contributed by atoms with Gasteiger partial charge in [0.05, 0.1) is 19.6 Å². The van der Waals surface area contributed by atoms with Crippen LogP contribution in [0.2, 0.25) is 0 Å². The van der Waals surface area contributed by atoms with E-state index in [1.807, 2.05) is 0 Å². The van der Waals surface area contributed by atoms with Gasteiger partial charge in [-0.25, -0.2) is 13.6 Å². The van der Waals surface area contributed by atoms with Gasteiger partial charge in [-0.3, -0.25) is 4.79 Å². The summed E-state index contributed by atoms with van der Waals surface area (Å²) < 4.78 is 37.6. The molecular formula is C14H21F2NO4. The third kappa shape index (κ3) is 3.11. The van der Waals surface area contributed by atoms with Crippen molar-refractivity contribution in [2.75, 3.05) is 7.11 Å². The second-order valence-electron chi connectivity index (χ2n) is 6.70. The number of esters is 1. The molecule has 5 nitrogen and oxygen atoms in total. The van der Waals surface area contributed by atoms with Crippen LogP contribution in [0, 0.1) is 5.92 Å². The molecule has 0 aromatic carbocycles. The molecule has 1 saturated heterocycles. The van der Waals surface area contributed by atoms with Gasteiger partial charge in [0.25, 0.3) is 5.92 Å². The first-order valence-corrected chi connectivity index (χ1v) is 7.01. The Kier molecular flexibility index (Phi) is 3.88. The first-order valence-electron chi connectivity index (χ1n) is 7.01. The number of hydrogen-bond acceptors (Lipinski definition) is 4. The molecule has 3 atom stereocenters. The van der Waals surface area contributed by atoms with Crippen LogP contribution < -0.4 is 0 Å². The molecule has 1 saturated carbocycles. The van der Waals surface area contributed by atoms with Gasteiger partial charge in [0, 0.05) is 18.4 Å². The van der Waals surface area contributed by atoms with E-state index in [0.717, 1.165) is 0 Å². The zero-order chi connectivity index (χ0) is 16.0. The standard InChI is InChI=1S/C14H21F2NO4/c1-13(2,3)21-12(19)17-8-5-9(14(15,16)7-8)10(17)6-11(18)20-4/h8-10H,5-7H2,1-4H3. The fourth-order valence-corrected chi connectivity index (χ4v) is 3.22. The fraction of sp³-hybridized carbons (Fsp3) is 0.857. The Balaban J connectivity index is 2.19. The maximum absolute atomic E-state index is 13.9. The van der Waals surface area contributed by atoms with Gasteiger partial charge in [-0.05, 0) is 27.2 Å². The van der Waals surface area contributed by atoms with E-state index in [9.17, 15) is 18.4 Å². The molecule has 2 fully saturated rings. The summed E-state index contributed by atoms with van der Waals surface area (Å²) in [6, 6.07) is -1.43. The van der Waals surface area contributed by atoms with Crippen molar-refractivity contribution in [3.05, 3.63) is 0 Å². The first kappa shape index (κ1) is 16.0. The SMILES string of the molecule is COC(=O)CC1C2CC(CC2(F)F)N1C(=O)OC(C)(C)C. The van der Waals surface area contributed by atoms with Crippen LogP contribution >= 0.6 is 0 Å². The van der Waals surface area contributed by atoms with Gasteiger partial charge in [-0.2, -0.15) is 0 Å². The van der Waals surface area contributed by atoms with Crippen molar-refractivity contribution in [3.63, 3.8) is 0 Å². The highest BCUT2D eigenvalue weighted by Gasteiger charge is 2.63. The van der Waals surface area contributed by atoms with Crippen molar-refractivity contribution in [1.82, 2.24) is 4.90 Å². The highest BCUT2D eigenvalue weighted by molar-refractivity contribution is 5.74. The number of piperidine rings is 1. The van der Waals surface area contributed by atoms with Gasteiger partial charge in [0.1, 0.15) is 5.60 Å². The van der Waals surface area contributed by atoms with Crippen molar-refractivity contribution >= 4 is 12.1 Å². The summed E-state index contributed by atoms with van der Waals surface area (Å²) in [7, 11) is 1.20. The van der Waals surface area contributed by atoms with E-state index in [-0.39, 0.29) is 19.3 Å². The van der Waals surface area contributed by atoms with Gasteiger partial charge in [0.15, 0.2) is 0 Å². The van der Waals surface area contributed by atoms with E-state index in [1.54, 1.807) is 20.8 Å². The molecule has 0 spiro atoms. The number of alkyl halides is 2. The maximum atomic E-state index is 13.9. The minimum Gasteiger partial charge on any atom is -0.469 e. The molecule has 2 rings (SSSR count). The average Bonchev–Trinajstić information content (AvgIpc) is 2.79. The molecule has 0 aromatic heterocycles. The number of methoxy groups -OCH3 is 1. The largest absolute Gasteiger partial charge is 0.469 e. The van der Waals surface area contributed by atoms with Crippen LogP contribution in [0.3, 0.4) is 0 Å². The van der Waals surface area contributed by atoms with Crippen molar-refractivity contribution in [3.8, 4) is 0 Å². The number of nitrogens with zero attached hydrogens (tertiary/aromatic N) is 1. The van der Waals surface area contributed by atoms with Gasteiger partial charge in [0.2, 0.25) is 0 Å². The number of amides is 1. The van der Waals surface area contributed by atoms with Crippen molar-refractivity contribution < 1.29 is 27.8 Å². The summed E-state index contributed by atoms with van der Waals surface area (Å²) in [6.45, 7) is 5.13. The molecule has 1 aliphatic heterocycles. The van der Waals surface area contributed by atoms with E-state index >= 15 is 0 Å². The number of carbonyl (C=O) groups excluding carboxylic acids is 2. The number of ether oxygens (including phenoxy) is 2. The minimum absolute atomic E-state index is 0.202. The van der Waals surface area contributed by atoms with Crippen LogP contribution in [0.4, 0.5) is 13.6 Å². The molecule has 21 heavy (non-hydrogen) atoms. The number of likely N-dealkylation sites (tertiary alicyclic amines) is 1. The lowest BCUT2D eigenvalue weighted by Gasteiger charge is -2.38. The van der Waals surface area contributed by atoms with E-state index in [0.29, 0.717) is 0 Å². The fourth-order valence-electron chi connectivity index (χ4n) is 3.22. The topological polar surface area (TPSA) is 55.8 Å². The molecule has 0 N–H and O–H groups in total. The smallest absolute Gasteiger partial charge is 0.410 e. The lowest BCUT2D eigenvalue weighted by molar-refractivity contribution is -0.145. The van der Waals surface area contributed by atoms with Crippen LogP contribution in [-0.4, -0.2) is 47.7 Å². The Morgan fingerprint density at radius 3 is 2.48 bits per heavy atom. The zero-order valence-corrected chi connectivity index (χ0v) is 12.7. The van der Waals surface area contributed by atoms with Crippen molar-refractivity contribution in [2.24, 2.45) is 5.92 Å². The number of halogens is 2. The summed E-state index contributed by atoms with van der Waals surface area (Å²) in [5, 5.41) is 0. The third-order valence-corrected chi connectivity index (χ3v) is 4.00. The highest BCUT2D eigenvalue weighted by atomic mass is 19.3. The molecular weight excluding hydrogens is 284 g/mol. The maximum Gasteiger partial charge on any atom is 0.410 e. The molecule has 1 aliphatic carbocycles. The summed E-state index contributed by atoms with van der Waals surface area (Å²) in [6.07, 6.45) is -1.03. The molecule has 3 unspecified atom stereocenters. The number of rotatable bonds is 2. The third-order valence-electron chi connectivity index (χ3n) is 4.00. The van der Waals surface area contributed by atoms with E-state index in [1.165, 1.54) is 12.0 Å². The van der Waals surface area contributed by atoms with Gasteiger partial charge >= 0.3 is 12.1 Å². The lowest BCUT2D eigenvalue weighted by Crippen LogP contribution is -2.53. The molecule has 1 heterocycles. The van der Waals surface area contributed by atoms with Crippen molar-refractivity contribution in [1.29, 1.82) is 0 Å². The summed E-state index contributed by atoms with van der Waals surface area (Å²) in [5.74, 6) is -4.45. The lowest BCUT2D eigenvalue weighted by atomic mass is 9.93. The Hall–Kier alpha value is -1.40. The predicted molar refractivity (Wildman–Crippen MR) is 70.0 cm³/mol. The minimum atomic E-state index is -2.85. The Morgan fingerprint density at radius 1 is 1.33 bits per heavy atom. The monoisotopic (exact) mass is 305 g/mol. The van der Waals surface area contributed by atoms with Crippen LogP contribution in [0.15, 0.2) is 0 Å². The summed E-state index contributed by atoms with van der Waals surface area (Å²) in [5.41, 5.74) is -0.711. The molecule has 120 valence electrons. The number of carbonyl (C=O) groups is 2. The van der Waals surface area contributed by atoms with Crippen molar-refractivity contribution in [2.45, 2.75) is 63.6 Å². The second-order valence-corrected chi connectivity index (χ2v) is 6.70. The summed E-state index contributed by atoms with van der Waals surface area (Å²) >= 11 is 0. The van der Waals surface area contributed by atoms with E-state index in [2.05, 4.69) is 4.74 Å². The average molecular weight is 305 g/mol. The first-order chi connectivity index (χ1) is 9.55. The molecule has 0 radical (unpaired) electrons. The Morgan fingerprint density at radius 2 is 1.95 bits per heavy atom. The van der Waals surface area contributed by atoms with Crippen LogP contribution in [0.5, 0.6) is 0 Å². The molecule has 0 aromatic rings. The quantitative estimate of drug-likeness (QED) is 0.736. The Bertz CT molecular complexity index is 447. The molecule has 7 heteroatoms. The van der Waals surface area contributed by atoms with Gasteiger partial charge in [-0.1, -0.05) is 0 Å². The second kappa shape index (κ2) is 5.10. The van der Waals surface area contributed by atoms with Crippen LogP contribution in [-0.2, 0) is 14.3 Å².